The second-order valence-corrected chi connectivity index (χ2v) is 13.8. The summed E-state index contributed by atoms with van der Waals surface area (Å²) in [6.07, 6.45) is -5.18. The monoisotopic (exact) mass is 730 g/mol. The molecule has 0 bridgehead atoms. The van der Waals surface area contributed by atoms with E-state index in [2.05, 4.69) is 0 Å². The maximum absolute atomic E-state index is 13.9. The fourth-order valence-electron chi connectivity index (χ4n) is 6.48. The van der Waals surface area contributed by atoms with Gasteiger partial charge in [-0.3, -0.25) is 10.1 Å². The lowest BCUT2D eigenvalue weighted by molar-refractivity contribution is -0.384. The molecule has 2 aliphatic heterocycles. The Bertz CT molecular complexity index is 2150. The molecule has 0 unspecified atom stereocenters. The summed E-state index contributed by atoms with van der Waals surface area (Å²) in [5.74, 6) is -2.16. The van der Waals surface area contributed by atoms with Crippen molar-refractivity contribution in [3.63, 3.8) is 0 Å². The van der Waals surface area contributed by atoms with Crippen LogP contribution >= 0.6 is 11.8 Å². The van der Waals surface area contributed by atoms with Gasteiger partial charge in [0.05, 0.1) is 27.3 Å². The number of fused-ring (bicyclic) bond motifs is 2. The molecule has 1 saturated heterocycles. The first-order valence-corrected chi connectivity index (χ1v) is 17.8. The van der Waals surface area contributed by atoms with E-state index in [1.54, 1.807) is 108 Å². The number of benzene rings is 5. The van der Waals surface area contributed by atoms with Crippen LogP contribution in [-0.4, -0.2) is 54.0 Å². The van der Waals surface area contributed by atoms with Gasteiger partial charge in [0.1, 0.15) is 18.4 Å². The SMILES string of the molecule is CC(C)c1cccc2c1N([C@@H]1O[C@H](COC(=O)c3ccccc3)[C@@H](OC(=O)c3ccccc3)[C@H]1OC(=O)c1ccccc1)c1c(cccc1[N+](=O)[O-])S2. The van der Waals surface area contributed by atoms with Crippen LogP contribution < -0.4 is 4.90 Å². The van der Waals surface area contributed by atoms with Crippen molar-refractivity contribution in [2.75, 3.05) is 11.5 Å². The van der Waals surface area contributed by atoms with Crippen molar-refractivity contribution in [2.45, 2.75) is 54.1 Å². The van der Waals surface area contributed by atoms with E-state index in [1.165, 1.54) is 17.8 Å². The third-order valence-corrected chi connectivity index (χ3v) is 10.1. The number of ether oxygens (including phenoxy) is 4. The Labute approximate surface area is 309 Å². The summed E-state index contributed by atoms with van der Waals surface area (Å²) in [7, 11) is 0. The fraction of sp³-hybridized carbons (Fsp3) is 0.195. The molecule has 0 aliphatic carbocycles. The fourth-order valence-corrected chi connectivity index (χ4v) is 7.62. The van der Waals surface area contributed by atoms with Crippen LogP contribution in [0.15, 0.2) is 137 Å². The van der Waals surface area contributed by atoms with Gasteiger partial charge in [0, 0.05) is 15.9 Å². The van der Waals surface area contributed by atoms with Crippen LogP contribution in [-0.2, 0) is 18.9 Å². The molecular weight excluding hydrogens is 697 g/mol. The predicted octanol–water partition coefficient (Wildman–Crippen LogP) is 8.35. The van der Waals surface area contributed by atoms with Gasteiger partial charge in [0.2, 0.25) is 0 Å². The third kappa shape index (κ3) is 7.24. The molecule has 0 spiro atoms. The minimum Gasteiger partial charge on any atom is -0.459 e. The first kappa shape index (κ1) is 35.4. The van der Waals surface area contributed by atoms with E-state index >= 15 is 0 Å². The van der Waals surface area contributed by atoms with Gasteiger partial charge in [-0.15, -0.1) is 0 Å². The quantitative estimate of drug-likeness (QED) is 0.0594. The zero-order valence-electron chi connectivity index (χ0n) is 28.7. The number of hydrogen-bond acceptors (Lipinski definition) is 11. The van der Waals surface area contributed by atoms with Crippen molar-refractivity contribution in [3.8, 4) is 0 Å². The molecule has 4 atom stereocenters. The van der Waals surface area contributed by atoms with Crippen LogP contribution in [0.3, 0.4) is 0 Å². The highest BCUT2D eigenvalue weighted by molar-refractivity contribution is 7.99. The number of esters is 3. The molecule has 0 radical (unpaired) electrons. The zero-order chi connectivity index (χ0) is 37.1. The van der Waals surface area contributed by atoms with Gasteiger partial charge >= 0.3 is 17.9 Å². The largest absolute Gasteiger partial charge is 0.459 e. The Morgan fingerprint density at radius 2 is 1.21 bits per heavy atom. The number of rotatable bonds is 10. The van der Waals surface area contributed by atoms with E-state index in [0.717, 1.165) is 10.5 Å². The number of nitrogens with zero attached hydrogens (tertiary/aromatic N) is 2. The standard InChI is InChI=1S/C41H34N2O9S/c1-25(2)29-20-12-22-32-34(29)42(35-30(43(47)48)21-13-23-33(35)53-32)38-37(52-41(46)28-18-10-5-11-19-28)36(51-40(45)27-16-8-4-9-17-27)31(50-38)24-49-39(44)26-14-6-3-7-15-26/h3-23,25,31,36-38H,24H2,1-2H3/t31-,36-,37-,38-/m1/s1. The Balaban J connectivity index is 1.38. The van der Waals surface area contributed by atoms with E-state index in [0.29, 0.717) is 16.1 Å². The first-order chi connectivity index (χ1) is 25.7. The number of hydrogen-bond donors (Lipinski definition) is 0. The molecule has 5 aromatic carbocycles. The molecular formula is C41H34N2O9S. The van der Waals surface area contributed by atoms with Gasteiger partial charge in [-0.25, -0.2) is 14.4 Å². The van der Waals surface area contributed by atoms with Crippen molar-refractivity contribution in [3.05, 3.63) is 160 Å². The summed E-state index contributed by atoms with van der Waals surface area (Å²) < 4.78 is 24.9. The Morgan fingerprint density at radius 3 is 1.75 bits per heavy atom. The van der Waals surface area contributed by atoms with E-state index in [-0.39, 0.29) is 28.4 Å². The summed E-state index contributed by atoms with van der Waals surface area (Å²) in [5, 5.41) is 12.7. The lowest BCUT2D eigenvalue weighted by Gasteiger charge is -2.39. The van der Waals surface area contributed by atoms with Crippen LogP contribution in [0.2, 0.25) is 0 Å². The molecule has 1 fully saturated rings. The van der Waals surface area contributed by atoms with Crippen LogP contribution in [0, 0.1) is 10.1 Å². The number of carbonyl (C=O) groups excluding carboxylic acids is 3. The van der Waals surface area contributed by atoms with E-state index in [1.807, 2.05) is 32.0 Å². The molecule has 0 saturated carbocycles. The minimum absolute atomic E-state index is 0.0431. The number of carbonyl (C=O) groups is 3. The Kier molecular flexibility index (Phi) is 10.2. The number of para-hydroxylation sites is 2. The number of nitro groups is 1. The molecule has 268 valence electrons. The molecule has 11 nitrogen and oxygen atoms in total. The molecule has 5 aromatic rings. The van der Waals surface area contributed by atoms with Crippen LogP contribution in [0.4, 0.5) is 17.1 Å². The Hall–Kier alpha value is -5.98. The van der Waals surface area contributed by atoms with Gasteiger partial charge in [-0.1, -0.05) is 98.4 Å². The Morgan fingerprint density at radius 1 is 0.698 bits per heavy atom. The lowest BCUT2D eigenvalue weighted by Crippen LogP contribution is -2.47. The van der Waals surface area contributed by atoms with Gasteiger partial charge in [0.25, 0.3) is 5.69 Å². The van der Waals surface area contributed by atoms with Crippen LogP contribution in [0.25, 0.3) is 0 Å². The normalized spacial score (nSPS) is 18.8. The van der Waals surface area contributed by atoms with Crippen molar-refractivity contribution >= 4 is 46.7 Å². The molecule has 2 aliphatic rings. The summed E-state index contributed by atoms with van der Waals surface area (Å²) in [5.41, 5.74) is 2.24. The summed E-state index contributed by atoms with van der Waals surface area (Å²) in [6.45, 7) is 3.61. The average molecular weight is 731 g/mol. The van der Waals surface area contributed by atoms with Crippen molar-refractivity contribution in [1.82, 2.24) is 0 Å². The maximum Gasteiger partial charge on any atom is 0.338 e. The van der Waals surface area contributed by atoms with Crippen LogP contribution in [0.5, 0.6) is 0 Å². The van der Waals surface area contributed by atoms with Crippen molar-refractivity contribution in [2.24, 2.45) is 0 Å². The van der Waals surface area contributed by atoms with Gasteiger partial charge in [0.15, 0.2) is 18.4 Å². The highest BCUT2D eigenvalue weighted by atomic mass is 32.2. The van der Waals surface area contributed by atoms with Gasteiger partial charge in [-0.2, -0.15) is 0 Å². The number of nitro benzene ring substituents is 1. The molecule has 7 rings (SSSR count). The zero-order valence-corrected chi connectivity index (χ0v) is 29.5. The molecule has 0 aromatic heterocycles. The summed E-state index contributed by atoms with van der Waals surface area (Å²) in [6, 6.07) is 35.5. The van der Waals surface area contributed by atoms with Crippen LogP contribution in [0.1, 0.15) is 56.4 Å². The molecule has 12 heteroatoms. The highest BCUT2D eigenvalue weighted by Crippen LogP contribution is 2.56. The summed E-state index contributed by atoms with van der Waals surface area (Å²) in [4.78, 5) is 56.1. The first-order valence-electron chi connectivity index (χ1n) is 17.0. The van der Waals surface area contributed by atoms with Gasteiger partial charge < -0.3 is 23.8 Å². The van der Waals surface area contributed by atoms with Gasteiger partial charge in [-0.05, 0) is 60.0 Å². The predicted molar refractivity (Wildman–Crippen MR) is 197 cm³/mol. The van der Waals surface area contributed by atoms with E-state index in [4.69, 9.17) is 18.9 Å². The van der Waals surface area contributed by atoms with E-state index < -0.39 is 54.0 Å². The summed E-state index contributed by atoms with van der Waals surface area (Å²) >= 11 is 1.38. The average Bonchev–Trinajstić information content (AvgIpc) is 3.51. The smallest absolute Gasteiger partial charge is 0.338 e. The van der Waals surface area contributed by atoms with E-state index in [9.17, 15) is 24.5 Å². The number of anilines is 2. The topological polar surface area (TPSA) is 135 Å². The molecule has 2 heterocycles. The molecule has 53 heavy (non-hydrogen) atoms. The lowest BCUT2D eigenvalue weighted by atomic mass is 9.98. The maximum atomic E-state index is 13.9. The second-order valence-electron chi connectivity index (χ2n) is 12.7. The molecule has 0 amide bonds. The third-order valence-electron chi connectivity index (χ3n) is 8.96. The van der Waals surface area contributed by atoms with Crippen molar-refractivity contribution < 1.29 is 38.3 Å². The molecule has 0 N–H and O–H groups in total. The highest BCUT2D eigenvalue weighted by Gasteiger charge is 2.55. The second kappa shape index (κ2) is 15.3. The minimum atomic E-state index is -1.38. The van der Waals surface area contributed by atoms with Crippen molar-refractivity contribution in [1.29, 1.82) is 0 Å².